The minimum atomic E-state index is 0.0791. The van der Waals surface area contributed by atoms with E-state index < -0.39 is 0 Å². The standard InChI is InChI=1S/C14H15NOS/c1-14(2,3)13-6-11(12(7-15)17-13)5-4-10-8-16-9-10/h6,10H,8-9H2,1-3H3. The Kier molecular flexibility index (Phi) is 3.24. The molecule has 1 aromatic rings. The Labute approximate surface area is 106 Å². The van der Waals surface area contributed by atoms with Gasteiger partial charge in [0.25, 0.3) is 0 Å². The molecule has 3 heteroatoms. The molecule has 1 aromatic heterocycles. The molecular formula is C14H15NOS. The number of hydrogen-bond acceptors (Lipinski definition) is 3. The van der Waals surface area contributed by atoms with E-state index in [1.165, 1.54) is 4.88 Å². The average molecular weight is 245 g/mol. The fourth-order valence-corrected chi connectivity index (χ4v) is 2.40. The normalized spacial score (nSPS) is 15.6. The molecule has 0 aliphatic carbocycles. The largest absolute Gasteiger partial charge is 0.379 e. The minimum absolute atomic E-state index is 0.0791. The van der Waals surface area contributed by atoms with E-state index in [0.29, 0.717) is 5.92 Å². The molecule has 1 aliphatic heterocycles. The molecule has 2 heterocycles. The number of thiophene rings is 1. The molecule has 1 fully saturated rings. The molecule has 0 aromatic carbocycles. The Morgan fingerprint density at radius 2 is 2.12 bits per heavy atom. The first-order chi connectivity index (χ1) is 8.00. The van der Waals surface area contributed by atoms with E-state index in [1.54, 1.807) is 11.3 Å². The summed E-state index contributed by atoms with van der Waals surface area (Å²) in [4.78, 5) is 1.94. The van der Waals surface area contributed by atoms with Gasteiger partial charge in [0.2, 0.25) is 0 Å². The molecule has 17 heavy (non-hydrogen) atoms. The van der Waals surface area contributed by atoms with Crippen molar-refractivity contribution in [3.8, 4) is 17.9 Å². The van der Waals surface area contributed by atoms with Gasteiger partial charge < -0.3 is 4.74 Å². The van der Waals surface area contributed by atoms with Crippen molar-refractivity contribution in [2.45, 2.75) is 26.2 Å². The number of nitriles is 1. The van der Waals surface area contributed by atoms with Crippen molar-refractivity contribution >= 4 is 11.3 Å². The molecule has 0 unspecified atom stereocenters. The topological polar surface area (TPSA) is 33.0 Å². The van der Waals surface area contributed by atoms with Gasteiger partial charge in [-0.15, -0.1) is 11.3 Å². The minimum Gasteiger partial charge on any atom is -0.379 e. The van der Waals surface area contributed by atoms with Crippen molar-refractivity contribution < 1.29 is 4.74 Å². The first kappa shape index (κ1) is 12.2. The molecule has 0 radical (unpaired) electrons. The van der Waals surface area contributed by atoms with Gasteiger partial charge in [-0.25, -0.2) is 0 Å². The summed E-state index contributed by atoms with van der Waals surface area (Å²) < 4.78 is 5.07. The van der Waals surface area contributed by atoms with Crippen LogP contribution in [0.15, 0.2) is 6.07 Å². The van der Waals surface area contributed by atoms with Crippen LogP contribution < -0.4 is 0 Å². The van der Waals surface area contributed by atoms with Crippen molar-refractivity contribution in [2.75, 3.05) is 13.2 Å². The first-order valence-corrected chi connectivity index (χ1v) is 6.46. The van der Waals surface area contributed by atoms with Gasteiger partial charge in [0.1, 0.15) is 10.9 Å². The summed E-state index contributed by atoms with van der Waals surface area (Å²) in [6.07, 6.45) is 0. The monoisotopic (exact) mass is 245 g/mol. The summed E-state index contributed by atoms with van der Waals surface area (Å²) >= 11 is 1.55. The van der Waals surface area contributed by atoms with E-state index in [4.69, 9.17) is 10.00 Å². The average Bonchev–Trinajstić information content (AvgIpc) is 2.58. The third-order valence-corrected chi connectivity index (χ3v) is 4.09. The fourth-order valence-electron chi connectivity index (χ4n) is 1.44. The highest BCUT2D eigenvalue weighted by molar-refractivity contribution is 7.12. The fraction of sp³-hybridized carbons (Fsp3) is 0.500. The zero-order chi connectivity index (χ0) is 12.5. The zero-order valence-electron chi connectivity index (χ0n) is 10.3. The van der Waals surface area contributed by atoms with Crippen LogP contribution in [-0.4, -0.2) is 13.2 Å². The molecule has 0 bridgehead atoms. The summed E-state index contributed by atoms with van der Waals surface area (Å²) in [6.45, 7) is 7.90. The lowest BCUT2D eigenvalue weighted by molar-refractivity contribution is -0.00300. The van der Waals surface area contributed by atoms with Crippen LogP contribution in [0.3, 0.4) is 0 Å². The maximum absolute atomic E-state index is 9.10. The van der Waals surface area contributed by atoms with E-state index in [1.807, 2.05) is 0 Å². The Morgan fingerprint density at radius 3 is 2.59 bits per heavy atom. The van der Waals surface area contributed by atoms with Gasteiger partial charge in [0, 0.05) is 4.88 Å². The van der Waals surface area contributed by atoms with Crippen molar-refractivity contribution in [1.82, 2.24) is 0 Å². The summed E-state index contributed by atoms with van der Waals surface area (Å²) in [7, 11) is 0. The molecule has 2 rings (SSSR count). The Balaban J connectivity index is 2.29. The molecule has 0 saturated carbocycles. The molecule has 1 saturated heterocycles. The van der Waals surface area contributed by atoms with E-state index >= 15 is 0 Å². The van der Waals surface area contributed by atoms with Crippen LogP contribution in [0, 0.1) is 29.1 Å². The Morgan fingerprint density at radius 1 is 1.41 bits per heavy atom. The van der Waals surface area contributed by atoms with Crippen LogP contribution in [0.2, 0.25) is 0 Å². The van der Waals surface area contributed by atoms with Gasteiger partial charge in [-0.2, -0.15) is 5.26 Å². The number of ether oxygens (including phenoxy) is 1. The first-order valence-electron chi connectivity index (χ1n) is 5.64. The van der Waals surface area contributed by atoms with Crippen LogP contribution >= 0.6 is 11.3 Å². The van der Waals surface area contributed by atoms with Gasteiger partial charge in [0.05, 0.1) is 24.7 Å². The molecule has 0 atom stereocenters. The van der Waals surface area contributed by atoms with Gasteiger partial charge in [-0.05, 0) is 11.5 Å². The van der Waals surface area contributed by atoms with Crippen LogP contribution in [-0.2, 0) is 10.2 Å². The smallest absolute Gasteiger partial charge is 0.120 e. The predicted octanol–water partition coefficient (Wildman–Crippen LogP) is 2.92. The second-order valence-corrected chi connectivity index (χ2v) is 6.27. The van der Waals surface area contributed by atoms with Gasteiger partial charge in [-0.1, -0.05) is 32.6 Å². The van der Waals surface area contributed by atoms with E-state index in [-0.39, 0.29) is 5.41 Å². The summed E-state index contributed by atoms with van der Waals surface area (Å²) in [5.74, 6) is 6.62. The lowest BCUT2D eigenvalue weighted by Crippen LogP contribution is -2.25. The lowest BCUT2D eigenvalue weighted by Gasteiger charge is -2.19. The van der Waals surface area contributed by atoms with E-state index in [2.05, 4.69) is 44.7 Å². The highest BCUT2D eigenvalue weighted by atomic mass is 32.1. The molecule has 1 aliphatic rings. The molecule has 0 amide bonds. The van der Waals surface area contributed by atoms with Crippen LogP contribution in [0.1, 0.15) is 36.1 Å². The second kappa shape index (κ2) is 4.53. The summed E-state index contributed by atoms with van der Waals surface area (Å²) in [5, 5.41) is 9.10. The second-order valence-electron chi connectivity index (χ2n) is 5.22. The number of hydrogen-bond donors (Lipinski definition) is 0. The summed E-state index contributed by atoms with van der Waals surface area (Å²) in [6, 6.07) is 4.28. The molecular weight excluding hydrogens is 230 g/mol. The number of rotatable bonds is 0. The highest BCUT2D eigenvalue weighted by Gasteiger charge is 2.19. The third kappa shape index (κ3) is 2.69. The van der Waals surface area contributed by atoms with Crippen molar-refractivity contribution in [3.05, 3.63) is 21.4 Å². The summed E-state index contributed by atoms with van der Waals surface area (Å²) in [5.41, 5.74) is 0.949. The van der Waals surface area contributed by atoms with Crippen LogP contribution in [0.25, 0.3) is 0 Å². The van der Waals surface area contributed by atoms with Crippen molar-refractivity contribution in [2.24, 2.45) is 5.92 Å². The quantitative estimate of drug-likeness (QED) is 0.658. The van der Waals surface area contributed by atoms with E-state index in [9.17, 15) is 0 Å². The highest BCUT2D eigenvalue weighted by Crippen LogP contribution is 2.31. The van der Waals surface area contributed by atoms with Crippen LogP contribution in [0.4, 0.5) is 0 Å². The molecule has 0 N–H and O–H groups in total. The van der Waals surface area contributed by atoms with Crippen molar-refractivity contribution in [1.29, 1.82) is 5.26 Å². The zero-order valence-corrected chi connectivity index (χ0v) is 11.1. The lowest BCUT2D eigenvalue weighted by atomic mass is 9.94. The SMILES string of the molecule is CC(C)(C)c1cc(C#CC2COC2)c(C#N)s1. The Hall–Kier alpha value is -1.29. The van der Waals surface area contributed by atoms with Gasteiger partial charge in [-0.3, -0.25) is 0 Å². The predicted molar refractivity (Wildman–Crippen MR) is 68.9 cm³/mol. The number of nitrogens with zero attached hydrogens (tertiary/aromatic N) is 1. The van der Waals surface area contributed by atoms with E-state index in [0.717, 1.165) is 23.7 Å². The maximum Gasteiger partial charge on any atom is 0.120 e. The van der Waals surface area contributed by atoms with Gasteiger partial charge >= 0.3 is 0 Å². The van der Waals surface area contributed by atoms with Crippen molar-refractivity contribution in [3.63, 3.8) is 0 Å². The maximum atomic E-state index is 9.10. The Bertz CT molecular complexity index is 515. The van der Waals surface area contributed by atoms with Gasteiger partial charge in [0.15, 0.2) is 0 Å². The molecule has 0 spiro atoms. The third-order valence-electron chi connectivity index (χ3n) is 2.62. The molecule has 88 valence electrons. The van der Waals surface area contributed by atoms with Crippen LogP contribution in [0.5, 0.6) is 0 Å². The molecule has 2 nitrogen and oxygen atoms in total.